The highest BCUT2D eigenvalue weighted by molar-refractivity contribution is 5.79. The van der Waals surface area contributed by atoms with Gasteiger partial charge in [-0.1, -0.05) is 6.42 Å². The normalized spacial score (nSPS) is 22.7. The number of nitrogens with zero attached hydrogens (tertiary/aromatic N) is 3. The monoisotopic (exact) mass is 288 g/mol. The Kier molecular flexibility index (Phi) is 4.36. The van der Waals surface area contributed by atoms with Gasteiger partial charge in [0.2, 0.25) is 5.91 Å². The lowest BCUT2D eigenvalue weighted by Crippen LogP contribution is -2.45. The van der Waals surface area contributed by atoms with Crippen LogP contribution in [0, 0.1) is 11.8 Å². The summed E-state index contributed by atoms with van der Waals surface area (Å²) in [5.41, 5.74) is 1.02. The van der Waals surface area contributed by atoms with Crippen molar-refractivity contribution in [2.75, 3.05) is 25.5 Å². The van der Waals surface area contributed by atoms with E-state index in [1.807, 2.05) is 7.05 Å². The first kappa shape index (κ1) is 14.3. The molecule has 2 fully saturated rings. The number of carbonyl (C=O) groups is 1. The summed E-state index contributed by atoms with van der Waals surface area (Å²) in [6.07, 6.45) is 10.0. The summed E-state index contributed by atoms with van der Waals surface area (Å²) in [5, 5.41) is 3.10. The van der Waals surface area contributed by atoms with Gasteiger partial charge in [-0.15, -0.1) is 0 Å². The molecule has 1 aliphatic carbocycles. The fraction of sp³-hybridized carbons (Fsp3) is 0.688. The Balaban J connectivity index is 1.61. The lowest BCUT2D eigenvalue weighted by molar-refractivity contribution is -0.140. The fourth-order valence-electron chi connectivity index (χ4n) is 3.34. The summed E-state index contributed by atoms with van der Waals surface area (Å²) in [5.74, 6) is 2.07. The summed E-state index contributed by atoms with van der Waals surface area (Å²) in [6, 6.07) is 0. The van der Waals surface area contributed by atoms with Crippen LogP contribution in [-0.2, 0) is 11.2 Å². The van der Waals surface area contributed by atoms with Crippen molar-refractivity contribution in [2.24, 2.45) is 11.8 Å². The van der Waals surface area contributed by atoms with Crippen LogP contribution in [0.4, 0.5) is 5.82 Å². The molecule has 1 unspecified atom stereocenters. The molecule has 0 aromatic carbocycles. The van der Waals surface area contributed by atoms with Crippen molar-refractivity contribution in [3.05, 3.63) is 18.1 Å². The maximum Gasteiger partial charge on any atom is 0.225 e. The minimum atomic E-state index is 0.313. The van der Waals surface area contributed by atoms with Crippen molar-refractivity contribution in [1.29, 1.82) is 0 Å². The first-order valence-corrected chi connectivity index (χ1v) is 8.04. The molecule has 1 N–H and O–H groups in total. The highest BCUT2D eigenvalue weighted by Gasteiger charge is 2.32. The molecule has 0 radical (unpaired) electrons. The van der Waals surface area contributed by atoms with Crippen LogP contribution in [0.25, 0.3) is 0 Å². The van der Waals surface area contributed by atoms with E-state index in [0.717, 1.165) is 50.3 Å². The molecule has 1 aromatic heterocycles. The predicted molar refractivity (Wildman–Crippen MR) is 81.9 cm³/mol. The van der Waals surface area contributed by atoms with Gasteiger partial charge in [0, 0.05) is 38.4 Å². The second-order valence-electron chi connectivity index (χ2n) is 6.23. The number of hydrogen-bond acceptors (Lipinski definition) is 4. The molecule has 114 valence electrons. The number of amides is 1. The predicted octanol–water partition coefficient (Wildman–Crippen LogP) is 2.10. The summed E-state index contributed by atoms with van der Waals surface area (Å²) >= 11 is 0. The van der Waals surface area contributed by atoms with Gasteiger partial charge in [0.05, 0.1) is 5.69 Å². The molecule has 0 spiro atoms. The summed E-state index contributed by atoms with van der Waals surface area (Å²) in [6.45, 7) is 1.82. The van der Waals surface area contributed by atoms with E-state index in [1.54, 1.807) is 12.4 Å². The third-order valence-electron chi connectivity index (χ3n) is 4.78. The lowest BCUT2D eigenvalue weighted by atomic mass is 9.83. The standard InChI is InChI=1S/C16H24N4O/c1-17-15-14(18-7-8-19-15)10-12-4-3-9-20(11-12)16(21)13-5-2-6-13/h7-8,12-13H,2-6,9-11H2,1H3,(H,17,19). The molecule has 1 saturated carbocycles. The number of rotatable bonds is 4. The third-order valence-corrected chi connectivity index (χ3v) is 4.78. The first-order chi connectivity index (χ1) is 10.3. The van der Waals surface area contributed by atoms with Crippen molar-refractivity contribution in [1.82, 2.24) is 14.9 Å². The quantitative estimate of drug-likeness (QED) is 0.922. The smallest absolute Gasteiger partial charge is 0.225 e. The van der Waals surface area contributed by atoms with Gasteiger partial charge in [0.15, 0.2) is 0 Å². The molecule has 1 aliphatic heterocycles. The third kappa shape index (κ3) is 3.17. The lowest BCUT2D eigenvalue weighted by Gasteiger charge is -2.37. The van der Waals surface area contributed by atoms with E-state index in [-0.39, 0.29) is 0 Å². The van der Waals surface area contributed by atoms with Crippen LogP contribution < -0.4 is 5.32 Å². The van der Waals surface area contributed by atoms with Gasteiger partial charge in [-0.05, 0) is 38.0 Å². The van der Waals surface area contributed by atoms with Crippen molar-refractivity contribution < 1.29 is 4.79 Å². The number of anilines is 1. The number of nitrogens with one attached hydrogen (secondary N) is 1. The zero-order valence-electron chi connectivity index (χ0n) is 12.7. The van der Waals surface area contributed by atoms with E-state index in [9.17, 15) is 4.79 Å². The van der Waals surface area contributed by atoms with Crippen LogP contribution in [0.3, 0.4) is 0 Å². The number of carbonyl (C=O) groups excluding carboxylic acids is 1. The number of hydrogen-bond donors (Lipinski definition) is 1. The Morgan fingerprint density at radius 2 is 2.10 bits per heavy atom. The van der Waals surface area contributed by atoms with E-state index in [0.29, 0.717) is 17.7 Å². The summed E-state index contributed by atoms with van der Waals surface area (Å²) in [7, 11) is 1.88. The molecular weight excluding hydrogens is 264 g/mol. The van der Waals surface area contributed by atoms with Crippen molar-refractivity contribution in [2.45, 2.75) is 38.5 Å². The molecule has 5 heteroatoms. The molecule has 5 nitrogen and oxygen atoms in total. The van der Waals surface area contributed by atoms with Crippen LogP contribution >= 0.6 is 0 Å². The minimum Gasteiger partial charge on any atom is -0.372 e. The largest absolute Gasteiger partial charge is 0.372 e. The Labute approximate surface area is 126 Å². The average molecular weight is 288 g/mol. The van der Waals surface area contributed by atoms with Gasteiger partial charge in [0.1, 0.15) is 5.82 Å². The SMILES string of the molecule is CNc1nccnc1CC1CCCN(C(=O)C2CCC2)C1. The van der Waals surface area contributed by atoms with Crippen LogP contribution in [0.2, 0.25) is 0 Å². The summed E-state index contributed by atoms with van der Waals surface area (Å²) < 4.78 is 0. The molecule has 1 saturated heterocycles. The molecule has 1 atom stereocenters. The molecule has 1 amide bonds. The van der Waals surface area contributed by atoms with Crippen LogP contribution in [-0.4, -0.2) is 40.9 Å². The van der Waals surface area contributed by atoms with Crippen LogP contribution in [0.1, 0.15) is 37.8 Å². The van der Waals surface area contributed by atoms with E-state index in [2.05, 4.69) is 20.2 Å². The molecule has 21 heavy (non-hydrogen) atoms. The van der Waals surface area contributed by atoms with E-state index < -0.39 is 0 Å². The molecular formula is C16H24N4O. The molecule has 0 bridgehead atoms. The van der Waals surface area contributed by atoms with Crippen molar-refractivity contribution in [3.63, 3.8) is 0 Å². The van der Waals surface area contributed by atoms with Gasteiger partial charge in [-0.2, -0.15) is 0 Å². The van der Waals surface area contributed by atoms with Crippen molar-refractivity contribution in [3.8, 4) is 0 Å². The van der Waals surface area contributed by atoms with E-state index in [1.165, 1.54) is 12.8 Å². The Bertz CT molecular complexity index is 501. The average Bonchev–Trinajstić information content (AvgIpc) is 2.46. The molecule has 2 heterocycles. The second-order valence-corrected chi connectivity index (χ2v) is 6.23. The van der Waals surface area contributed by atoms with E-state index >= 15 is 0 Å². The fourth-order valence-corrected chi connectivity index (χ4v) is 3.34. The Morgan fingerprint density at radius 1 is 1.29 bits per heavy atom. The second kappa shape index (κ2) is 6.41. The zero-order chi connectivity index (χ0) is 14.7. The molecule has 3 rings (SSSR count). The molecule has 1 aromatic rings. The topological polar surface area (TPSA) is 58.1 Å². The number of aromatic nitrogens is 2. The Morgan fingerprint density at radius 3 is 2.81 bits per heavy atom. The van der Waals surface area contributed by atoms with Crippen LogP contribution in [0.15, 0.2) is 12.4 Å². The molecule has 2 aliphatic rings. The highest BCUT2D eigenvalue weighted by atomic mass is 16.2. The number of likely N-dealkylation sites (tertiary alicyclic amines) is 1. The van der Waals surface area contributed by atoms with Gasteiger partial charge in [0.25, 0.3) is 0 Å². The highest BCUT2D eigenvalue weighted by Crippen LogP contribution is 2.30. The van der Waals surface area contributed by atoms with E-state index in [4.69, 9.17) is 0 Å². The van der Waals surface area contributed by atoms with Gasteiger partial charge in [-0.3, -0.25) is 9.78 Å². The van der Waals surface area contributed by atoms with Crippen molar-refractivity contribution >= 4 is 11.7 Å². The van der Waals surface area contributed by atoms with Gasteiger partial charge < -0.3 is 10.2 Å². The zero-order valence-corrected chi connectivity index (χ0v) is 12.7. The minimum absolute atomic E-state index is 0.313. The Hall–Kier alpha value is -1.65. The van der Waals surface area contributed by atoms with Gasteiger partial charge in [-0.25, -0.2) is 4.98 Å². The maximum absolute atomic E-state index is 12.4. The number of piperidine rings is 1. The first-order valence-electron chi connectivity index (χ1n) is 8.04. The van der Waals surface area contributed by atoms with Crippen LogP contribution in [0.5, 0.6) is 0 Å². The van der Waals surface area contributed by atoms with Gasteiger partial charge >= 0.3 is 0 Å². The summed E-state index contributed by atoms with van der Waals surface area (Å²) in [4.78, 5) is 23.2. The maximum atomic E-state index is 12.4.